The average molecular weight is 459 g/mol. The lowest BCUT2D eigenvalue weighted by Gasteiger charge is -2.11. The van der Waals surface area contributed by atoms with E-state index in [2.05, 4.69) is 10.6 Å². The molecule has 8 heteroatoms. The van der Waals surface area contributed by atoms with Gasteiger partial charge >= 0.3 is 5.97 Å². The van der Waals surface area contributed by atoms with Crippen molar-refractivity contribution in [3.8, 4) is 0 Å². The van der Waals surface area contributed by atoms with E-state index >= 15 is 0 Å². The van der Waals surface area contributed by atoms with Gasteiger partial charge in [-0.1, -0.05) is 17.7 Å². The summed E-state index contributed by atoms with van der Waals surface area (Å²) in [5.41, 5.74) is 0.805. The number of carbonyl (C=O) groups excluding carboxylic acids is 2. The molecule has 0 fully saturated rings. The molecule has 0 heterocycles. The Morgan fingerprint density at radius 3 is 2.50 bits per heavy atom. The van der Waals surface area contributed by atoms with Gasteiger partial charge in [0, 0.05) is 14.2 Å². The molecule has 0 aromatic heterocycles. The number of anilines is 1. The lowest BCUT2D eigenvalue weighted by Crippen LogP contribution is -2.30. The van der Waals surface area contributed by atoms with Gasteiger partial charge in [-0.25, -0.2) is 0 Å². The summed E-state index contributed by atoms with van der Waals surface area (Å²) in [4.78, 5) is 35.0. The normalized spacial score (nSPS) is 10.1. The van der Waals surface area contributed by atoms with Crippen LogP contribution in [0.3, 0.4) is 0 Å². The third-order valence-corrected chi connectivity index (χ3v) is 3.87. The third kappa shape index (κ3) is 4.93. The molecular formula is C16H12ClIN2O4. The summed E-state index contributed by atoms with van der Waals surface area (Å²) >= 11 is 7.88. The molecule has 0 aliphatic rings. The molecule has 2 rings (SSSR count). The van der Waals surface area contributed by atoms with Crippen molar-refractivity contribution in [1.29, 1.82) is 0 Å². The minimum absolute atomic E-state index is 0.179. The Hall–Kier alpha value is -2.13. The maximum atomic E-state index is 12.3. The molecule has 0 saturated carbocycles. The zero-order valence-electron chi connectivity index (χ0n) is 12.2. The summed E-state index contributed by atoms with van der Waals surface area (Å²) in [6.07, 6.45) is 0. The van der Waals surface area contributed by atoms with Crippen LogP contribution in [0.1, 0.15) is 20.7 Å². The Morgan fingerprint density at radius 1 is 1.08 bits per heavy atom. The van der Waals surface area contributed by atoms with Gasteiger partial charge < -0.3 is 15.7 Å². The van der Waals surface area contributed by atoms with E-state index in [1.807, 2.05) is 22.6 Å². The largest absolute Gasteiger partial charge is 0.480 e. The van der Waals surface area contributed by atoms with Crippen molar-refractivity contribution in [3.05, 3.63) is 62.2 Å². The van der Waals surface area contributed by atoms with Crippen molar-refractivity contribution in [2.45, 2.75) is 0 Å². The summed E-state index contributed by atoms with van der Waals surface area (Å²) in [6, 6.07) is 11.3. The second-order valence-electron chi connectivity index (χ2n) is 4.73. The fraction of sp³-hybridized carbons (Fsp3) is 0.0625. The standard InChI is InChI=1S/C16H12ClIN2O4/c17-10-3-1-2-9(6-10)15(23)20-13-5-4-11(18)7-12(13)16(24)19-8-14(21)22/h1-7H,8H2,(H,19,24)(H,20,23)(H,21,22). The van der Waals surface area contributed by atoms with Crippen molar-refractivity contribution >= 4 is 57.7 Å². The fourth-order valence-electron chi connectivity index (χ4n) is 1.89. The SMILES string of the molecule is O=C(O)CNC(=O)c1cc(I)ccc1NC(=O)c1cccc(Cl)c1. The van der Waals surface area contributed by atoms with Crippen LogP contribution in [0, 0.1) is 3.57 Å². The molecule has 2 aromatic rings. The lowest BCUT2D eigenvalue weighted by molar-refractivity contribution is -0.135. The predicted molar refractivity (Wildman–Crippen MR) is 98.5 cm³/mol. The van der Waals surface area contributed by atoms with Gasteiger partial charge in [-0.15, -0.1) is 0 Å². The number of hydrogen-bond acceptors (Lipinski definition) is 3. The van der Waals surface area contributed by atoms with E-state index < -0.39 is 24.3 Å². The number of amides is 2. The topological polar surface area (TPSA) is 95.5 Å². The number of nitrogens with one attached hydrogen (secondary N) is 2. The zero-order valence-corrected chi connectivity index (χ0v) is 15.1. The summed E-state index contributed by atoms with van der Waals surface area (Å²) in [5.74, 6) is -2.17. The van der Waals surface area contributed by atoms with E-state index in [0.717, 1.165) is 3.57 Å². The quantitative estimate of drug-likeness (QED) is 0.600. The number of benzene rings is 2. The van der Waals surface area contributed by atoms with Crippen LogP contribution >= 0.6 is 34.2 Å². The first-order valence-corrected chi connectivity index (χ1v) is 8.19. The number of carbonyl (C=O) groups is 3. The molecule has 0 atom stereocenters. The number of carboxylic acids is 1. The van der Waals surface area contributed by atoms with Crippen LogP contribution in [0.4, 0.5) is 5.69 Å². The molecule has 24 heavy (non-hydrogen) atoms. The number of carboxylic acid groups (broad SMARTS) is 1. The first kappa shape index (κ1) is 18.2. The van der Waals surface area contributed by atoms with Crippen LogP contribution in [0.5, 0.6) is 0 Å². The molecule has 0 bridgehead atoms. The second-order valence-corrected chi connectivity index (χ2v) is 6.41. The molecule has 3 N–H and O–H groups in total. The summed E-state index contributed by atoms with van der Waals surface area (Å²) in [5, 5.41) is 14.0. The van der Waals surface area contributed by atoms with Gasteiger partial charge in [-0.2, -0.15) is 0 Å². The van der Waals surface area contributed by atoms with Crippen LogP contribution in [-0.4, -0.2) is 29.4 Å². The summed E-state index contributed by atoms with van der Waals surface area (Å²) < 4.78 is 0.772. The molecule has 0 aliphatic heterocycles. The van der Waals surface area contributed by atoms with Crippen LogP contribution in [0.2, 0.25) is 5.02 Å². The van der Waals surface area contributed by atoms with E-state index in [4.69, 9.17) is 16.7 Å². The van der Waals surface area contributed by atoms with Gasteiger partial charge in [0.2, 0.25) is 0 Å². The molecule has 2 aromatic carbocycles. The molecule has 2 amide bonds. The van der Waals surface area contributed by atoms with Crippen molar-refractivity contribution in [3.63, 3.8) is 0 Å². The molecular weight excluding hydrogens is 447 g/mol. The number of halogens is 2. The zero-order chi connectivity index (χ0) is 17.7. The minimum Gasteiger partial charge on any atom is -0.480 e. The Labute approximate surface area is 156 Å². The highest BCUT2D eigenvalue weighted by molar-refractivity contribution is 14.1. The number of hydrogen-bond donors (Lipinski definition) is 3. The maximum absolute atomic E-state index is 12.3. The smallest absolute Gasteiger partial charge is 0.322 e. The van der Waals surface area contributed by atoms with E-state index in [1.165, 1.54) is 6.07 Å². The predicted octanol–water partition coefficient (Wildman–Crippen LogP) is 3.01. The molecule has 124 valence electrons. The van der Waals surface area contributed by atoms with E-state index in [9.17, 15) is 14.4 Å². The molecule has 6 nitrogen and oxygen atoms in total. The highest BCUT2D eigenvalue weighted by Gasteiger charge is 2.16. The van der Waals surface area contributed by atoms with Gasteiger partial charge in [0.1, 0.15) is 6.54 Å². The van der Waals surface area contributed by atoms with Gasteiger partial charge in [0.25, 0.3) is 11.8 Å². The van der Waals surface area contributed by atoms with Crippen molar-refractivity contribution in [2.24, 2.45) is 0 Å². The molecule has 0 unspecified atom stereocenters. The van der Waals surface area contributed by atoms with Gasteiger partial charge in [0.15, 0.2) is 0 Å². The number of aliphatic carboxylic acids is 1. The fourth-order valence-corrected chi connectivity index (χ4v) is 2.57. The van der Waals surface area contributed by atoms with Crippen LogP contribution in [-0.2, 0) is 4.79 Å². The van der Waals surface area contributed by atoms with Crippen molar-refractivity contribution in [2.75, 3.05) is 11.9 Å². The maximum Gasteiger partial charge on any atom is 0.322 e. The van der Waals surface area contributed by atoms with Crippen LogP contribution in [0.15, 0.2) is 42.5 Å². The van der Waals surface area contributed by atoms with Crippen LogP contribution in [0.25, 0.3) is 0 Å². The molecule has 0 aliphatic carbocycles. The van der Waals surface area contributed by atoms with E-state index in [-0.39, 0.29) is 11.3 Å². The van der Waals surface area contributed by atoms with Crippen molar-refractivity contribution < 1.29 is 19.5 Å². The first-order chi connectivity index (χ1) is 11.4. The van der Waals surface area contributed by atoms with Crippen LogP contribution < -0.4 is 10.6 Å². The van der Waals surface area contributed by atoms with E-state index in [0.29, 0.717) is 10.6 Å². The molecule has 0 radical (unpaired) electrons. The van der Waals surface area contributed by atoms with Crippen molar-refractivity contribution in [1.82, 2.24) is 5.32 Å². The highest BCUT2D eigenvalue weighted by atomic mass is 127. The molecule has 0 spiro atoms. The Balaban J connectivity index is 2.25. The monoisotopic (exact) mass is 458 g/mol. The third-order valence-electron chi connectivity index (χ3n) is 2.96. The van der Waals surface area contributed by atoms with Gasteiger partial charge in [-0.05, 0) is 59.0 Å². The Bertz CT molecular complexity index is 810. The highest BCUT2D eigenvalue weighted by Crippen LogP contribution is 2.20. The lowest BCUT2D eigenvalue weighted by atomic mass is 10.1. The Kier molecular flexibility index (Phi) is 6.16. The minimum atomic E-state index is -1.15. The second kappa shape index (κ2) is 8.11. The summed E-state index contributed by atoms with van der Waals surface area (Å²) in [6.45, 7) is -0.508. The first-order valence-electron chi connectivity index (χ1n) is 6.73. The van der Waals surface area contributed by atoms with E-state index in [1.54, 1.807) is 36.4 Å². The summed E-state index contributed by atoms with van der Waals surface area (Å²) in [7, 11) is 0. The van der Waals surface area contributed by atoms with Gasteiger partial charge in [-0.3, -0.25) is 14.4 Å². The average Bonchev–Trinajstić information content (AvgIpc) is 2.54. The Morgan fingerprint density at radius 2 is 1.83 bits per heavy atom. The van der Waals surface area contributed by atoms with Gasteiger partial charge in [0.05, 0.1) is 11.3 Å². The number of rotatable bonds is 5. The molecule has 0 saturated heterocycles.